The summed E-state index contributed by atoms with van der Waals surface area (Å²) in [5, 5.41) is 5.55. The van der Waals surface area contributed by atoms with Gasteiger partial charge >= 0.3 is 0 Å². The van der Waals surface area contributed by atoms with Crippen LogP contribution in [0.1, 0.15) is 139 Å². The number of nitrogens with zero attached hydrogens (tertiary/aromatic N) is 2. The van der Waals surface area contributed by atoms with Crippen LogP contribution in [-0.4, -0.2) is 45.0 Å². The van der Waals surface area contributed by atoms with Crippen LogP contribution in [0.4, 0.5) is 8.78 Å². The van der Waals surface area contributed by atoms with Crippen LogP contribution in [0.2, 0.25) is 0 Å². The maximum absolute atomic E-state index is 14.3. The molecule has 2 saturated carbocycles. The van der Waals surface area contributed by atoms with Gasteiger partial charge in [-0.1, -0.05) is 39.3 Å². The second kappa shape index (κ2) is 12.8. The number of carbonyl (C=O) groups excluding carboxylic acids is 4. The Morgan fingerprint density at radius 2 is 1.33 bits per heavy atom. The lowest BCUT2D eigenvalue weighted by molar-refractivity contribution is -0.134. The van der Waals surface area contributed by atoms with E-state index in [2.05, 4.69) is 23.8 Å². The number of carbonyl (C=O) groups is 4. The number of halogens is 2. The number of rotatable bonds is 5. The highest BCUT2D eigenvalue weighted by atomic mass is 19.1. The Hall–Kier alpha value is -4.34. The van der Waals surface area contributed by atoms with Gasteiger partial charge in [0.15, 0.2) is 0 Å². The first-order valence-electron chi connectivity index (χ1n) is 17.8. The molecule has 2 unspecified atom stereocenters. The molecule has 4 aliphatic heterocycles. The average molecular weight is 671 g/mol. The second-order valence-electron chi connectivity index (χ2n) is 14.6. The predicted molar refractivity (Wildman–Crippen MR) is 180 cm³/mol. The highest BCUT2D eigenvalue weighted by Gasteiger charge is 2.50. The van der Waals surface area contributed by atoms with Crippen molar-refractivity contribution in [3.05, 3.63) is 93.8 Å². The predicted octanol–water partition coefficient (Wildman–Crippen LogP) is 6.85. The van der Waals surface area contributed by atoms with Gasteiger partial charge in [-0.15, -0.1) is 0 Å². The molecule has 0 aromatic heterocycles. The van der Waals surface area contributed by atoms with Gasteiger partial charge in [-0.3, -0.25) is 19.2 Å². The third-order valence-corrected chi connectivity index (χ3v) is 11.8. The first kappa shape index (κ1) is 33.2. The standard InChI is InChI=1S/C21H25FN2O2.C18H19FN2O2/c1-3-21(9-8-13(2)23-20(21)26)24-12-18-16(14-6-4-5-7-14)10-15(22)11-17(18)19(24)25;1-10-5-6-16(17(22)20-10)21-9-15-13(11-3-2-4-11)7-12(19)8-14(15)18(21)23/h10-11,14H,2-9,12H2,1H3,(H,23,26);7-8,11,16H,1-6,9H2,(H,20,22). The van der Waals surface area contributed by atoms with Gasteiger partial charge in [0.2, 0.25) is 11.8 Å². The lowest BCUT2D eigenvalue weighted by atomic mass is 9.77. The summed E-state index contributed by atoms with van der Waals surface area (Å²) in [6.45, 7) is 10.3. The van der Waals surface area contributed by atoms with Gasteiger partial charge in [-0.05, 0) is 116 Å². The number of amides is 4. The highest BCUT2D eigenvalue weighted by Crippen LogP contribution is 2.44. The molecule has 4 fully saturated rings. The van der Waals surface area contributed by atoms with Crippen LogP contribution < -0.4 is 10.6 Å². The third-order valence-electron chi connectivity index (χ3n) is 11.8. The molecule has 8 rings (SSSR count). The van der Waals surface area contributed by atoms with E-state index in [0.717, 1.165) is 67.2 Å². The highest BCUT2D eigenvalue weighted by molar-refractivity contribution is 6.03. The molecule has 4 amide bonds. The largest absolute Gasteiger partial charge is 0.329 e. The second-order valence-corrected chi connectivity index (χ2v) is 14.6. The van der Waals surface area contributed by atoms with Gasteiger partial charge in [0.1, 0.15) is 23.2 Å². The topological polar surface area (TPSA) is 98.8 Å². The number of benzene rings is 2. The Bertz CT molecular complexity index is 1780. The van der Waals surface area contributed by atoms with Crippen molar-refractivity contribution in [2.75, 3.05) is 0 Å². The summed E-state index contributed by atoms with van der Waals surface area (Å²) in [5.74, 6) is -0.837. The maximum atomic E-state index is 14.3. The summed E-state index contributed by atoms with van der Waals surface area (Å²) >= 11 is 0. The zero-order valence-corrected chi connectivity index (χ0v) is 28.1. The SMILES string of the molecule is C=C1CCC(CC)(N2Cc3c(cc(F)cc3C3CCCC3)C2=O)C(=O)N1.C=C1CCC(N2Cc3c(cc(F)cc3C3CCC3)C2=O)C(=O)N1. The van der Waals surface area contributed by atoms with Crippen LogP contribution in [0.3, 0.4) is 0 Å². The zero-order valence-electron chi connectivity index (χ0n) is 28.1. The average Bonchev–Trinajstić information content (AvgIpc) is 3.77. The van der Waals surface area contributed by atoms with Gasteiger partial charge in [-0.25, -0.2) is 8.78 Å². The fourth-order valence-corrected chi connectivity index (χ4v) is 8.76. The molecule has 2 atom stereocenters. The van der Waals surface area contributed by atoms with Crippen LogP contribution >= 0.6 is 0 Å². The van der Waals surface area contributed by atoms with E-state index in [-0.39, 0.29) is 35.3 Å². The normalized spacial score (nSPS) is 25.5. The van der Waals surface area contributed by atoms with Crippen LogP contribution in [0.5, 0.6) is 0 Å². The molecule has 0 bridgehead atoms. The molecule has 8 nitrogen and oxygen atoms in total. The van der Waals surface area contributed by atoms with Gasteiger partial charge in [0, 0.05) is 35.6 Å². The number of hydrogen-bond donors (Lipinski definition) is 2. The van der Waals surface area contributed by atoms with E-state index in [1.165, 1.54) is 12.1 Å². The Morgan fingerprint density at radius 3 is 1.88 bits per heavy atom. The first-order chi connectivity index (χ1) is 23.5. The fraction of sp³-hybridized carbons (Fsp3) is 0.487. The molecule has 2 saturated heterocycles. The zero-order chi connectivity index (χ0) is 34.6. The third kappa shape index (κ3) is 5.76. The van der Waals surface area contributed by atoms with E-state index in [4.69, 9.17) is 0 Å². The summed E-state index contributed by atoms with van der Waals surface area (Å²) in [4.78, 5) is 54.2. The Labute approximate surface area is 286 Å². The summed E-state index contributed by atoms with van der Waals surface area (Å²) in [7, 11) is 0. The fourth-order valence-electron chi connectivity index (χ4n) is 8.76. The van der Waals surface area contributed by atoms with Gasteiger partial charge in [0.25, 0.3) is 11.8 Å². The number of piperidine rings is 2. The molecule has 0 spiro atoms. The van der Waals surface area contributed by atoms with E-state index in [1.54, 1.807) is 21.9 Å². The van der Waals surface area contributed by atoms with Crippen LogP contribution in [-0.2, 0) is 22.7 Å². The molecular formula is C39H44F2N4O4. The summed E-state index contributed by atoms with van der Waals surface area (Å²) in [5.41, 5.74) is 5.16. The Morgan fingerprint density at radius 1 is 0.755 bits per heavy atom. The van der Waals surface area contributed by atoms with E-state index in [1.807, 2.05) is 6.92 Å². The van der Waals surface area contributed by atoms with Crippen LogP contribution in [0, 0.1) is 11.6 Å². The van der Waals surface area contributed by atoms with Crippen molar-refractivity contribution in [1.29, 1.82) is 0 Å². The van der Waals surface area contributed by atoms with Gasteiger partial charge < -0.3 is 20.4 Å². The molecule has 2 aliphatic carbocycles. The molecule has 2 aromatic rings. The minimum Gasteiger partial charge on any atom is -0.329 e. The molecule has 2 N–H and O–H groups in total. The first-order valence-corrected chi connectivity index (χ1v) is 17.8. The molecular weight excluding hydrogens is 626 g/mol. The van der Waals surface area contributed by atoms with Crippen LogP contribution in [0.25, 0.3) is 0 Å². The van der Waals surface area contributed by atoms with Gasteiger partial charge in [-0.2, -0.15) is 0 Å². The molecule has 10 heteroatoms. The summed E-state index contributed by atoms with van der Waals surface area (Å²) < 4.78 is 28.2. The molecule has 4 heterocycles. The summed E-state index contributed by atoms with van der Waals surface area (Å²) in [6, 6.07) is 5.35. The maximum Gasteiger partial charge on any atom is 0.255 e. The number of fused-ring (bicyclic) bond motifs is 2. The molecule has 2 aromatic carbocycles. The van der Waals surface area contributed by atoms with E-state index >= 15 is 0 Å². The van der Waals surface area contributed by atoms with Crippen molar-refractivity contribution < 1.29 is 28.0 Å². The van der Waals surface area contributed by atoms with Crippen molar-refractivity contribution >= 4 is 23.6 Å². The Balaban J connectivity index is 0.000000155. The quantitative estimate of drug-likeness (QED) is 0.364. The van der Waals surface area contributed by atoms with E-state index in [9.17, 15) is 28.0 Å². The number of nitrogens with one attached hydrogen (secondary N) is 2. The molecule has 49 heavy (non-hydrogen) atoms. The lowest BCUT2D eigenvalue weighted by Gasteiger charge is -2.43. The van der Waals surface area contributed by atoms with Crippen molar-refractivity contribution in [2.24, 2.45) is 0 Å². The van der Waals surface area contributed by atoms with Crippen molar-refractivity contribution in [1.82, 2.24) is 20.4 Å². The van der Waals surface area contributed by atoms with E-state index < -0.39 is 11.6 Å². The van der Waals surface area contributed by atoms with E-state index in [0.29, 0.717) is 79.6 Å². The number of hydrogen-bond acceptors (Lipinski definition) is 4. The minimum absolute atomic E-state index is 0.166. The smallest absolute Gasteiger partial charge is 0.255 e. The van der Waals surface area contributed by atoms with Crippen molar-refractivity contribution in [2.45, 2.75) is 120 Å². The van der Waals surface area contributed by atoms with Crippen molar-refractivity contribution in [3.63, 3.8) is 0 Å². The summed E-state index contributed by atoms with van der Waals surface area (Å²) in [6.07, 6.45) is 10.6. The number of allylic oxidation sites excluding steroid dienone is 2. The monoisotopic (exact) mass is 670 g/mol. The lowest BCUT2D eigenvalue weighted by Crippen LogP contribution is -2.60. The molecule has 258 valence electrons. The van der Waals surface area contributed by atoms with Crippen LogP contribution in [0.15, 0.2) is 48.8 Å². The minimum atomic E-state index is -0.874. The van der Waals surface area contributed by atoms with Gasteiger partial charge in [0.05, 0.1) is 0 Å². The molecule has 6 aliphatic rings. The van der Waals surface area contributed by atoms with Crippen molar-refractivity contribution in [3.8, 4) is 0 Å². The molecule has 0 radical (unpaired) electrons. The Kier molecular flexibility index (Phi) is 8.69.